The van der Waals surface area contributed by atoms with Crippen molar-refractivity contribution in [1.82, 2.24) is 10.3 Å². The summed E-state index contributed by atoms with van der Waals surface area (Å²) in [6.07, 6.45) is 3.55. The van der Waals surface area contributed by atoms with Crippen LogP contribution in [0.3, 0.4) is 0 Å². The quantitative estimate of drug-likeness (QED) is 0.778. The van der Waals surface area contributed by atoms with E-state index in [1.54, 1.807) is 0 Å². The molecule has 1 fully saturated rings. The highest BCUT2D eigenvalue weighted by molar-refractivity contribution is 7.15. The minimum atomic E-state index is 0.788. The van der Waals surface area contributed by atoms with Crippen LogP contribution in [0.2, 0.25) is 0 Å². The van der Waals surface area contributed by atoms with Gasteiger partial charge >= 0.3 is 0 Å². The molecule has 3 nitrogen and oxygen atoms in total. The maximum atomic E-state index is 4.89. The zero-order valence-corrected chi connectivity index (χ0v) is 14.2. The minimum absolute atomic E-state index is 0.788. The van der Waals surface area contributed by atoms with Gasteiger partial charge in [0.1, 0.15) is 0 Å². The second kappa shape index (κ2) is 7.41. The zero-order valence-electron chi connectivity index (χ0n) is 13.4. The number of hydrogen-bond acceptors (Lipinski definition) is 4. The van der Waals surface area contributed by atoms with Gasteiger partial charge in [-0.1, -0.05) is 27.7 Å². The molecular formula is C16H29N3S. The van der Waals surface area contributed by atoms with Gasteiger partial charge in [-0.05, 0) is 37.6 Å². The lowest BCUT2D eigenvalue weighted by atomic mass is 9.95. The van der Waals surface area contributed by atoms with Crippen molar-refractivity contribution in [3.63, 3.8) is 0 Å². The van der Waals surface area contributed by atoms with E-state index >= 15 is 0 Å². The van der Waals surface area contributed by atoms with Crippen LogP contribution in [-0.4, -0.2) is 24.6 Å². The molecule has 2 rings (SSSR count). The van der Waals surface area contributed by atoms with Crippen molar-refractivity contribution in [2.75, 3.05) is 24.5 Å². The van der Waals surface area contributed by atoms with E-state index in [0.29, 0.717) is 0 Å². The van der Waals surface area contributed by atoms with Crippen molar-refractivity contribution in [3.05, 3.63) is 10.6 Å². The topological polar surface area (TPSA) is 28.2 Å². The Bertz CT molecular complexity index is 414. The molecule has 1 aromatic rings. The molecule has 1 aliphatic rings. The fourth-order valence-corrected chi connectivity index (χ4v) is 3.96. The summed E-state index contributed by atoms with van der Waals surface area (Å²) in [5, 5.41) is 4.76. The predicted octanol–water partition coefficient (Wildman–Crippen LogP) is 3.69. The third kappa shape index (κ3) is 3.73. The van der Waals surface area contributed by atoms with E-state index in [1.165, 1.54) is 41.6 Å². The Morgan fingerprint density at radius 2 is 2.20 bits per heavy atom. The van der Waals surface area contributed by atoms with Crippen molar-refractivity contribution in [1.29, 1.82) is 0 Å². The monoisotopic (exact) mass is 295 g/mol. The smallest absolute Gasteiger partial charge is 0.185 e. The summed E-state index contributed by atoms with van der Waals surface area (Å²) in [4.78, 5) is 8.82. The molecule has 114 valence electrons. The first-order valence-electron chi connectivity index (χ1n) is 8.09. The van der Waals surface area contributed by atoms with E-state index in [2.05, 4.69) is 37.9 Å². The Balaban J connectivity index is 2.02. The largest absolute Gasteiger partial charge is 0.348 e. The lowest BCUT2D eigenvalue weighted by molar-refractivity contribution is 0.422. The van der Waals surface area contributed by atoms with Crippen molar-refractivity contribution < 1.29 is 0 Å². The molecule has 1 unspecified atom stereocenters. The first-order chi connectivity index (χ1) is 9.65. The standard InChI is InChI=1S/C16H29N3S/c1-5-8-17-10-15-14(6-2)18-16(20-15)19-9-7-13(11-19)12(3)4/h12-13,17H,5-11H2,1-4H3. The van der Waals surface area contributed by atoms with Crippen molar-refractivity contribution in [2.24, 2.45) is 11.8 Å². The molecule has 1 aliphatic heterocycles. The van der Waals surface area contributed by atoms with Crippen LogP contribution in [0.1, 0.15) is 51.1 Å². The van der Waals surface area contributed by atoms with Gasteiger partial charge < -0.3 is 10.2 Å². The third-order valence-electron chi connectivity index (χ3n) is 4.25. The summed E-state index contributed by atoms with van der Waals surface area (Å²) in [5.41, 5.74) is 1.29. The molecule has 0 aromatic carbocycles. The Hall–Kier alpha value is -0.610. The van der Waals surface area contributed by atoms with E-state index in [9.17, 15) is 0 Å². The van der Waals surface area contributed by atoms with E-state index in [-0.39, 0.29) is 0 Å². The summed E-state index contributed by atoms with van der Waals surface area (Å²) >= 11 is 1.90. The van der Waals surface area contributed by atoms with Crippen molar-refractivity contribution in [2.45, 2.75) is 53.5 Å². The molecular weight excluding hydrogens is 266 g/mol. The average molecular weight is 295 g/mol. The van der Waals surface area contributed by atoms with Crippen LogP contribution in [0.4, 0.5) is 5.13 Å². The van der Waals surface area contributed by atoms with Gasteiger partial charge in [0, 0.05) is 24.5 Å². The molecule has 2 heterocycles. The Kier molecular flexibility index (Phi) is 5.85. The summed E-state index contributed by atoms with van der Waals surface area (Å²) in [7, 11) is 0. The second-order valence-corrected chi connectivity index (χ2v) is 7.20. The zero-order chi connectivity index (χ0) is 14.5. The molecule has 0 aliphatic carbocycles. The molecule has 0 amide bonds. The average Bonchev–Trinajstić information content (AvgIpc) is 3.05. The van der Waals surface area contributed by atoms with Crippen molar-refractivity contribution in [3.8, 4) is 0 Å². The molecule has 0 bridgehead atoms. The second-order valence-electron chi connectivity index (χ2n) is 6.14. The molecule has 1 atom stereocenters. The van der Waals surface area contributed by atoms with Gasteiger partial charge in [0.25, 0.3) is 0 Å². The third-order valence-corrected chi connectivity index (χ3v) is 5.41. The van der Waals surface area contributed by atoms with E-state index < -0.39 is 0 Å². The maximum absolute atomic E-state index is 4.89. The van der Waals surface area contributed by atoms with Gasteiger partial charge in [-0.15, -0.1) is 11.3 Å². The number of nitrogens with one attached hydrogen (secondary N) is 1. The van der Waals surface area contributed by atoms with E-state index in [4.69, 9.17) is 4.98 Å². The summed E-state index contributed by atoms with van der Waals surface area (Å²) in [6, 6.07) is 0. The molecule has 4 heteroatoms. The molecule has 0 spiro atoms. The highest BCUT2D eigenvalue weighted by Gasteiger charge is 2.27. The number of hydrogen-bond donors (Lipinski definition) is 1. The number of thiazole rings is 1. The Labute approximate surface area is 127 Å². The van der Waals surface area contributed by atoms with Crippen LogP contribution in [0.15, 0.2) is 0 Å². The molecule has 1 N–H and O–H groups in total. The lowest BCUT2D eigenvalue weighted by Crippen LogP contribution is -2.20. The van der Waals surface area contributed by atoms with Crippen LogP contribution in [0.25, 0.3) is 0 Å². The van der Waals surface area contributed by atoms with E-state index in [0.717, 1.165) is 31.3 Å². The minimum Gasteiger partial charge on any atom is -0.348 e. The van der Waals surface area contributed by atoms with Gasteiger partial charge in [0.05, 0.1) is 5.69 Å². The molecule has 1 saturated heterocycles. The molecule has 1 aromatic heterocycles. The summed E-state index contributed by atoms with van der Waals surface area (Å²) in [6.45, 7) is 13.6. The highest BCUT2D eigenvalue weighted by Crippen LogP contribution is 2.32. The fraction of sp³-hybridized carbons (Fsp3) is 0.812. The molecule has 0 saturated carbocycles. The molecule has 20 heavy (non-hydrogen) atoms. The normalized spacial score (nSPS) is 19.2. The van der Waals surface area contributed by atoms with Gasteiger partial charge in [0.15, 0.2) is 5.13 Å². The SMILES string of the molecule is CCCNCc1sc(N2CCC(C(C)C)C2)nc1CC. The number of anilines is 1. The maximum Gasteiger partial charge on any atom is 0.185 e. The Morgan fingerprint density at radius 3 is 2.80 bits per heavy atom. The number of nitrogens with zero attached hydrogens (tertiary/aromatic N) is 2. The van der Waals surface area contributed by atoms with Crippen molar-refractivity contribution >= 4 is 16.5 Å². The van der Waals surface area contributed by atoms with Crippen LogP contribution in [0.5, 0.6) is 0 Å². The highest BCUT2D eigenvalue weighted by atomic mass is 32.1. The van der Waals surface area contributed by atoms with Gasteiger partial charge in [-0.2, -0.15) is 0 Å². The first kappa shape index (κ1) is 15.8. The van der Waals surface area contributed by atoms with Crippen LogP contribution >= 0.6 is 11.3 Å². The number of aryl methyl sites for hydroxylation is 1. The molecule has 0 radical (unpaired) electrons. The van der Waals surface area contributed by atoms with Gasteiger partial charge in [-0.3, -0.25) is 0 Å². The Morgan fingerprint density at radius 1 is 1.40 bits per heavy atom. The summed E-state index contributed by atoms with van der Waals surface area (Å²) < 4.78 is 0. The number of rotatable bonds is 7. The number of aromatic nitrogens is 1. The fourth-order valence-electron chi connectivity index (χ4n) is 2.80. The van der Waals surface area contributed by atoms with Gasteiger partial charge in [0.2, 0.25) is 0 Å². The van der Waals surface area contributed by atoms with Crippen LogP contribution in [0, 0.1) is 11.8 Å². The predicted molar refractivity (Wildman–Crippen MR) is 88.6 cm³/mol. The van der Waals surface area contributed by atoms with E-state index in [1.807, 2.05) is 11.3 Å². The van der Waals surface area contributed by atoms with Crippen LogP contribution < -0.4 is 10.2 Å². The first-order valence-corrected chi connectivity index (χ1v) is 8.91. The van der Waals surface area contributed by atoms with Crippen LogP contribution in [-0.2, 0) is 13.0 Å². The summed E-state index contributed by atoms with van der Waals surface area (Å²) in [5.74, 6) is 1.63. The lowest BCUT2D eigenvalue weighted by Gasteiger charge is -2.16. The van der Waals surface area contributed by atoms with Gasteiger partial charge in [-0.25, -0.2) is 4.98 Å².